The van der Waals surface area contributed by atoms with Crippen LogP contribution in [0.3, 0.4) is 0 Å². The highest BCUT2D eigenvalue weighted by Gasteiger charge is 2.29. The molecule has 2 atom stereocenters. The number of fused-ring (bicyclic) bond motifs is 1. The fourth-order valence-corrected chi connectivity index (χ4v) is 4.41. The molecule has 0 radical (unpaired) electrons. The molecule has 4 rings (SSSR count). The average Bonchev–Trinajstić information content (AvgIpc) is 3.18. The predicted molar refractivity (Wildman–Crippen MR) is 114 cm³/mol. The number of halogens is 1. The number of rotatable bonds is 6. The van der Waals surface area contributed by atoms with Crippen LogP contribution >= 0.6 is 0 Å². The van der Waals surface area contributed by atoms with Crippen LogP contribution in [0.5, 0.6) is 0 Å². The maximum absolute atomic E-state index is 13.2. The van der Waals surface area contributed by atoms with Crippen LogP contribution in [-0.4, -0.2) is 34.4 Å². The number of carbonyl (C=O) groups is 1. The fraction of sp³-hybridized carbons (Fsp3) is 0.375. The van der Waals surface area contributed by atoms with Crippen LogP contribution in [0, 0.1) is 5.82 Å². The third-order valence-electron chi connectivity index (χ3n) is 5.96. The molecule has 0 spiro atoms. The van der Waals surface area contributed by atoms with E-state index in [4.69, 9.17) is 0 Å². The zero-order valence-electron chi connectivity index (χ0n) is 16.8. The number of nitrogens with zero attached hydrogens (tertiary/aromatic N) is 1. The lowest BCUT2D eigenvalue weighted by Gasteiger charge is -2.37. The van der Waals surface area contributed by atoms with Crippen molar-refractivity contribution >= 4 is 16.8 Å². The van der Waals surface area contributed by atoms with Crippen molar-refractivity contribution in [1.82, 2.24) is 15.2 Å². The average molecular weight is 394 g/mol. The molecule has 1 aliphatic rings. The molecule has 1 fully saturated rings. The SMILES string of the molecule is CCN(C(=O)c1cc2ccccc2[nH]1)C1CCCC(NCc2ccc(F)cc2)C1. The number of para-hydroxylation sites is 1. The van der Waals surface area contributed by atoms with Crippen molar-refractivity contribution in [3.05, 3.63) is 71.7 Å². The molecule has 152 valence electrons. The van der Waals surface area contributed by atoms with Gasteiger partial charge in [0.1, 0.15) is 11.5 Å². The first kappa shape index (κ1) is 19.6. The van der Waals surface area contributed by atoms with Gasteiger partial charge in [0.05, 0.1) is 0 Å². The van der Waals surface area contributed by atoms with Crippen molar-refractivity contribution in [2.45, 2.75) is 51.2 Å². The third kappa shape index (κ3) is 4.51. The molecule has 0 bridgehead atoms. The van der Waals surface area contributed by atoms with Gasteiger partial charge in [0, 0.05) is 36.1 Å². The van der Waals surface area contributed by atoms with Gasteiger partial charge in [0.2, 0.25) is 0 Å². The highest BCUT2D eigenvalue weighted by atomic mass is 19.1. The summed E-state index contributed by atoms with van der Waals surface area (Å²) in [6.45, 7) is 3.47. The minimum absolute atomic E-state index is 0.0767. The smallest absolute Gasteiger partial charge is 0.270 e. The van der Waals surface area contributed by atoms with Gasteiger partial charge in [-0.15, -0.1) is 0 Å². The Morgan fingerprint density at radius 2 is 1.97 bits per heavy atom. The second kappa shape index (κ2) is 8.78. The number of benzene rings is 2. The standard InChI is InChI=1S/C24H28FN3O/c1-2-28(24(29)23-14-18-6-3-4-9-22(18)27-23)21-8-5-7-20(15-21)26-16-17-10-12-19(25)13-11-17/h3-4,6,9-14,20-21,26-27H,2,5,7-8,15-16H2,1H3. The number of aromatic nitrogens is 1. The summed E-state index contributed by atoms with van der Waals surface area (Å²) in [7, 11) is 0. The third-order valence-corrected chi connectivity index (χ3v) is 5.96. The first-order valence-electron chi connectivity index (χ1n) is 10.5. The number of carbonyl (C=O) groups excluding carboxylic acids is 1. The second-order valence-corrected chi connectivity index (χ2v) is 7.89. The minimum atomic E-state index is -0.208. The number of amides is 1. The van der Waals surface area contributed by atoms with E-state index in [2.05, 4.69) is 17.2 Å². The lowest BCUT2D eigenvalue weighted by atomic mass is 9.89. The summed E-state index contributed by atoms with van der Waals surface area (Å²) >= 11 is 0. The number of aromatic amines is 1. The summed E-state index contributed by atoms with van der Waals surface area (Å²) in [5.74, 6) is -0.131. The Morgan fingerprint density at radius 3 is 2.72 bits per heavy atom. The summed E-state index contributed by atoms with van der Waals surface area (Å²) in [6.07, 6.45) is 4.19. The van der Waals surface area contributed by atoms with E-state index in [1.165, 1.54) is 12.1 Å². The highest BCUT2D eigenvalue weighted by molar-refractivity contribution is 5.98. The van der Waals surface area contributed by atoms with Crippen LogP contribution in [0.15, 0.2) is 54.6 Å². The number of hydrogen-bond acceptors (Lipinski definition) is 2. The fourth-order valence-electron chi connectivity index (χ4n) is 4.41. The van der Waals surface area contributed by atoms with Gasteiger partial charge < -0.3 is 15.2 Å². The van der Waals surface area contributed by atoms with E-state index in [-0.39, 0.29) is 17.8 Å². The van der Waals surface area contributed by atoms with Crippen LogP contribution in [0.4, 0.5) is 4.39 Å². The van der Waals surface area contributed by atoms with E-state index in [0.717, 1.165) is 48.7 Å². The van der Waals surface area contributed by atoms with Gasteiger partial charge in [0.15, 0.2) is 0 Å². The molecule has 1 heterocycles. The Balaban J connectivity index is 1.41. The molecule has 2 N–H and O–H groups in total. The normalized spacial score (nSPS) is 19.4. The number of hydrogen-bond donors (Lipinski definition) is 2. The Bertz CT molecular complexity index is 933. The van der Waals surface area contributed by atoms with E-state index >= 15 is 0 Å². The Labute approximate surface area is 171 Å². The van der Waals surface area contributed by atoms with Crippen molar-refractivity contribution < 1.29 is 9.18 Å². The topological polar surface area (TPSA) is 48.1 Å². The Morgan fingerprint density at radius 1 is 1.17 bits per heavy atom. The van der Waals surface area contributed by atoms with Crippen LogP contribution in [0.2, 0.25) is 0 Å². The first-order valence-corrected chi connectivity index (χ1v) is 10.5. The molecule has 4 nitrogen and oxygen atoms in total. The molecule has 5 heteroatoms. The molecule has 1 aromatic heterocycles. The van der Waals surface area contributed by atoms with Crippen LogP contribution in [0.25, 0.3) is 10.9 Å². The molecular formula is C24H28FN3O. The summed E-state index contributed by atoms with van der Waals surface area (Å²) in [4.78, 5) is 18.5. The van der Waals surface area contributed by atoms with E-state index in [9.17, 15) is 9.18 Å². The van der Waals surface area contributed by atoms with Crippen molar-refractivity contribution in [2.24, 2.45) is 0 Å². The molecular weight excluding hydrogens is 365 g/mol. The number of H-pyrrole nitrogens is 1. The van der Waals surface area contributed by atoms with Gasteiger partial charge in [-0.05, 0) is 62.4 Å². The molecule has 0 aliphatic heterocycles. The molecule has 1 amide bonds. The summed E-state index contributed by atoms with van der Waals surface area (Å²) in [5, 5.41) is 4.66. The van der Waals surface area contributed by atoms with Gasteiger partial charge in [-0.2, -0.15) is 0 Å². The lowest BCUT2D eigenvalue weighted by molar-refractivity contribution is 0.0623. The molecule has 1 saturated carbocycles. The zero-order valence-corrected chi connectivity index (χ0v) is 16.8. The highest BCUT2D eigenvalue weighted by Crippen LogP contribution is 2.26. The Hall–Kier alpha value is -2.66. The van der Waals surface area contributed by atoms with Crippen molar-refractivity contribution in [2.75, 3.05) is 6.54 Å². The zero-order chi connectivity index (χ0) is 20.2. The second-order valence-electron chi connectivity index (χ2n) is 7.89. The molecule has 2 unspecified atom stereocenters. The summed E-state index contributed by atoms with van der Waals surface area (Å²) in [6, 6.07) is 17.2. The largest absolute Gasteiger partial charge is 0.351 e. The minimum Gasteiger partial charge on any atom is -0.351 e. The predicted octanol–water partition coefficient (Wildman–Crippen LogP) is 4.87. The van der Waals surface area contributed by atoms with E-state index < -0.39 is 0 Å². The summed E-state index contributed by atoms with van der Waals surface area (Å²) < 4.78 is 13.1. The van der Waals surface area contributed by atoms with Gasteiger partial charge in [0.25, 0.3) is 5.91 Å². The van der Waals surface area contributed by atoms with E-state index in [1.54, 1.807) is 0 Å². The first-order chi connectivity index (χ1) is 14.1. The van der Waals surface area contributed by atoms with Gasteiger partial charge in [-0.3, -0.25) is 4.79 Å². The molecule has 2 aromatic carbocycles. The summed E-state index contributed by atoms with van der Waals surface area (Å²) in [5.41, 5.74) is 2.74. The van der Waals surface area contributed by atoms with Gasteiger partial charge >= 0.3 is 0 Å². The van der Waals surface area contributed by atoms with Crippen LogP contribution < -0.4 is 5.32 Å². The lowest BCUT2D eigenvalue weighted by Crippen LogP contribution is -2.46. The molecule has 0 saturated heterocycles. The van der Waals surface area contributed by atoms with Crippen molar-refractivity contribution in [1.29, 1.82) is 0 Å². The van der Waals surface area contributed by atoms with Crippen molar-refractivity contribution in [3.63, 3.8) is 0 Å². The quantitative estimate of drug-likeness (QED) is 0.628. The number of nitrogens with one attached hydrogen (secondary N) is 2. The van der Waals surface area contributed by atoms with E-state index in [1.807, 2.05) is 47.4 Å². The van der Waals surface area contributed by atoms with Gasteiger partial charge in [-0.25, -0.2) is 4.39 Å². The molecule has 3 aromatic rings. The Kier molecular flexibility index (Phi) is 5.95. The molecule has 29 heavy (non-hydrogen) atoms. The molecule has 1 aliphatic carbocycles. The van der Waals surface area contributed by atoms with Gasteiger partial charge in [-0.1, -0.05) is 30.3 Å². The maximum atomic E-state index is 13.2. The van der Waals surface area contributed by atoms with E-state index in [0.29, 0.717) is 18.3 Å². The van der Waals surface area contributed by atoms with Crippen molar-refractivity contribution in [3.8, 4) is 0 Å². The van der Waals surface area contributed by atoms with Crippen LogP contribution in [0.1, 0.15) is 48.7 Å². The van der Waals surface area contributed by atoms with Crippen LogP contribution in [-0.2, 0) is 6.54 Å². The maximum Gasteiger partial charge on any atom is 0.270 e. The monoisotopic (exact) mass is 393 g/mol.